The van der Waals surface area contributed by atoms with Gasteiger partial charge >= 0.3 is 6.18 Å². The van der Waals surface area contributed by atoms with Crippen molar-refractivity contribution in [3.8, 4) is 16.9 Å². The van der Waals surface area contributed by atoms with Gasteiger partial charge in [-0.05, 0) is 47.6 Å². The highest BCUT2D eigenvalue weighted by Crippen LogP contribution is 2.37. The van der Waals surface area contributed by atoms with Gasteiger partial charge < -0.3 is 19.4 Å². The number of aryl methyl sites for hydroxylation is 1. The lowest BCUT2D eigenvalue weighted by Gasteiger charge is -2.17. The Hall–Kier alpha value is -4.72. The lowest BCUT2D eigenvalue weighted by Crippen LogP contribution is -2.23. The molecule has 0 amide bonds. The molecule has 0 saturated carbocycles. The Balaban J connectivity index is 1.40. The second-order valence-corrected chi connectivity index (χ2v) is 11.3. The van der Waals surface area contributed by atoms with Crippen LogP contribution in [0.2, 0.25) is 0 Å². The number of fused-ring (bicyclic) bond motifs is 3. The van der Waals surface area contributed by atoms with Gasteiger partial charge in [-0.3, -0.25) is 14.2 Å². The molecule has 5 aromatic rings. The van der Waals surface area contributed by atoms with Crippen molar-refractivity contribution < 1.29 is 18.3 Å². The van der Waals surface area contributed by atoms with Gasteiger partial charge in [0, 0.05) is 48.7 Å². The molecule has 0 aromatic carbocycles. The number of aromatic nitrogens is 7. The Morgan fingerprint density at radius 3 is 2.62 bits per heavy atom. The highest BCUT2D eigenvalue weighted by Gasteiger charge is 2.32. The average Bonchev–Trinajstić information content (AvgIpc) is 3.57. The van der Waals surface area contributed by atoms with Crippen LogP contribution in [-0.4, -0.2) is 44.8 Å². The highest BCUT2D eigenvalue weighted by atomic mass is 19.4. The summed E-state index contributed by atoms with van der Waals surface area (Å²) >= 11 is 0. The number of rotatable bonds is 6. The number of alkyl halides is 3. The fraction of sp³-hybridized carbons (Fsp3) is 0.321. The number of anilines is 2. The van der Waals surface area contributed by atoms with E-state index < -0.39 is 24.9 Å². The average molecular weight is 581 g/mol. The third-order valence-electron chi connectivity index (χ3n) is 7.41. The zero-order valence-electron chi connectivity index (χ0n) is 23.0. The number of hydrogen-bond acceptors (Lipinski definition) is 7. The molecule has 0 aliphatic heterocycles. The standard InChI is InChI=1S/C28H27F3N8O3/c1-27(2)10-16-9-21-26(42)39(7-6-38(21)22(16)11-27)24-19(14-40)18(4-5-32-24)17-8-20(25(41)36(3)12-17)33-23-13-37(35-34-23)15-28(29,30)31/h4-9,12-13,33,40H,10-11,14-15H2,1-3H3. The predicted molar refractivity (Wildman–Crippen MR) is 148 cm³/mol. The van der Waals surface area contributed by atoms with Crippen molar-refractivity contribution in [2.45, 2.75) is 46.0 Å². The molecule has 0 atom stereocenters. The second-order valence-electron chi connectivity index (χ2n) is 11.3. The van der Waals surface area contributed by atoms with Gasteiger partial charge in [-0.15, -0.1) is 5.10 Å². The quantitative estimate of drug-likeness (QED) is 0.316. The van der Waals surface area contributed by atoms with E-state index >= 15 is 0 Å². The summed E-state index contributed by atoms with van der Waals surface area (Å²) in [6, 6.07) is 5.06. The molecule has 2 N–H and O–H groups in total. The molecule has 218 valence electrons. The minimum atomic E-state index is -4.48. The lowest BCUT2D eigenvalue weighted by atomic mass is 9.90. The summed E-state index contributed by atoms with van der Waals surface area (Å²) in [5.74, 6) is 0.191. The molecular formula is C28H27F3N8O3. The monoisotopic (exact) mass is 580 g/mol. The van der Waals surface area contributed by atoms with Gasteiger partial charge in [-0.25, -0.2) is 9.67 Å². The van der Waals surface area contributed by atoms with Gasteiger partial charge in [0.15, 0.2) is 5.82 Å². The molecule has 14 heteroatoms. The lowest BCUT2D eigenvalue weighted by molar-refractivity contribution is -0.142. The summed E-state index contributed by atoms with van der Waals surface area (Å²) in [5.41, 5.74) is 3.54. The van der Waals surface area contributed by atoms with Crippen LogP contribution in [0.3, 0.4) is 0 Å². The second kappa shape index (κ2) is 9.69. The van der Waals surface area contributed by atoms with Gasteiger partial charge in [0.25, 0.3) is 11.1 Å². The van der Waals surface area contributed by atoms with Crippen molar-refractivity contribution in [1.82, 2.24) is 33.5 Å². The van der Waals surface area contributed by atoms with Gasteiger partial charge in [-0.1, -0.05) is 19.1 Å². The summed E-state index contributed by atoms with van der Waals surface area (Å²) in [4.78, 5) is 30.9. The molecule has 11 nitrogen and oxygen atoms in total. The van der Waals surface area contributed by atoms with Crippen LogP contribution in [0, 0.1) is 5.41 Å². The summed E-state index contributed by atoms with van der Waals surface area (Å²) in [7, 11) is 1.52. The van der Waals surface area contributed by atoms with Crippen molar-refractivity contribution in [3.05, 3.63) is 86.7 Å². The maximum atomic E-state index is 13.6. The van der Waals surface area contributed by atoms with E-state index in [1.165, 1.54) is 28.4 Å². The molecule has 5 heterocycles. The highest BCUT2D eigenvalue weighted by molar-refractivity contribution is 5.73. The summed E-state index contributed by atoms with van der Waals surface area (Å²) < 4.78 is 43.4. The Bertz CT molecular complexity index is 1970. The molecule has 0 radical (unpaired) electrons. The third kappa shape index (κ3) is 4.87. The number of nitrogens with zero attached hydrogens (tertiary/aromatic N) is 7. The van der Waals surface area contributed by atoms with E-state index in [0.717, 1.165) is 30.3 Å². The molecular weight excluding hydrogens is 553 g/mol. The fourth-order valence-electron chi connectivity index (χ4n) is 5.65. The maximum Gasteiger partial charge on any atom is 0.408 e. The molecule has 6 rings (SSSR count). The largest absolute Gasteiger partial charge is 0.408 e. The molecule has 0 saturated heterocycles. The SMILES string of the molecule is Cn1cc(-c2ccnc(-n3ccn4c5c(cc4c3=O)CC(C)(C)C5)c2CO)cc(Nc2cn(CC(F)(F)F)nn2)c1=O. The van der Waals surface area contributed by atoms with Gasteiger partial charge in [0.2, 0.25) is 0 Å². The van der Waals surface area contributed by atoms with Crippen molar-refractivity contribution in [3.63, 3.8) is 0 Å². The summed E-state index contributed by atoms with van der Waals surface area (Å²) in [6.07, 6.45) is 4.81. The molecule has 0 spiro atoms. The van der Waals surface area contributed by atoms with Gasteiger partial charge in [0.05, 0.1) is 12.8 Å². The first-order chi connectivity index (χ1) is 19.8. The van der Waals surface area contributed by atoms with Crippen LogP contribution < -0.4 is 16.4 Å². The molecule has 42 heavy (non-hydrogen) atoms. The topological polar surface area (TPSA) is 124 Å². The molecule has 0 bridgehead atoms. The van der Waals surface area contributed by atoms with Gasteiger partial charge in [-0.2, -0.15) is 13.2 Å². The molecule has 0 unspecified atom stereocenters. The summed E-state index contributed by atoms with van der Waals surface area (Å²) in [5, 5.41) is 20.3. The zero-order valence-corrected chi connectivity index (χ0v) is 23.0. The van der Waals surface area contributed by atoms with E-state index in [0.29, 0.717) is 26.9 Å². The van der Waals surface area contributed by atoms with E-state index in [-0.39, 0.29) is 28.3 Å². The van der Waals surface area contributed by atoms with Crippen molar-refractivity contribution in [2.75, 3.05) is 5.32 Å². The number of pyridine rings is 2. The van der Waals surface area contributed by atoms with E-state index in [2.05, 4.69) is 34.5 Å². The molecule has 1 aliphatic carbocycles. The van der Waals surface area contributed by atoms with E-state index in [9.17, 15) is 27.9 Å². The van der Waals surface area contributed by atoms with Crippen LogP contribution in [0.15, 0.2) is 58.8 Å². The van der Waals surface area contributed by atoms with Crippen LogP contribution in [0.5, 0.6) is 0 Å². The van der Waals surface area contributed by atoms with Crippen LogP contribution in [-0.2, 0) is 33.0 Å². The van der Waals surface area contributed by atoms with Crippen LogP contribution in [0.4, 0.5) is 24.7 Å². The molecule has 1 aliphatic rings. The minimum absolute atomic E-state index is 0.0283. The Kier molecular flexibility index (Phi) is 6.33. The number of nitrogens with one attached hydrogen (secondary N) is 1. The van der Waals surface area contributed by atoms with Crippen molar-refractivity contribution in [1.29, 1.82) is 0 Å². The normalized spacial score (nSPS) is 14.5. The fourth-order valence-corrected chi connectivity index (χ4v) is 5.65. The van der Waals surface area contributed by atoms with Crippen LogP contribution in [0.25, 0.3) is 22.5 Å². The number of hydrogen-bond donors (Lipinski definition) is 2. The molecule has 0 fully saturated rings. The Morgan fingerprint density at radius 1 is 1.10 bits per heavy atom. The minimum Gasteiger partial charge on any atom is -0.392 e. The Labute approximate surface area is 236 Å². The smallest absolute Gasteiger partial charge is 0.392 e. The first-order valence-corrected chi connectivity index (χ1v) is 13.1. The first-order valence-electron chi connectivity index (χ1n) is 13.1. The van der Waals surface area contributed by atoms with E-state index in [1.54, 1.807) is 18.5 Å². The third-order valence-corrected chi connectivity index (χ3v) is 7.41. The van der Waals surface area contributed by atoms with E-state index in [4.69, 9.17) is 0 Å². The van der Waals surface area contributed by atoms with Crippen LogP contribution >= 0.6 is 0 Å². The maximum absolute atomic E-state index is 13.6. The molecule has 5 aromatic heterocycles. The Morgan fingerprint density at radius 2 is 1.88 bits per heavy atom. The number of aliphatic hydroxyl groups excluding tert-OH is 1. The van der Waals surface area contributed by atoms with Crippen molar-refractivity contribution >= 4 is 17.0 Å². The van der Waals surface area contributed by atoms with Crippen LogP contribution in [0.1, 0.15) is 30.7 Å². The zero-order chi connectivity index (χ0) is 30.0. The van der Waals surface area contributed by atoms with Crippen molar-refractivity contribution in [2.24, 2.45) is 12.5 Å². The van der Waals surface area contributed by atoms with E-state index in [1.807, 2.05) is 16.7 Å². The number of halogens is 3. The summed E-state index contributed by atoms with van der Waals surface area (Å²) in [6.45, 7) is 2.61. The number of aliphatic hydroxyl groups is 1. The predicted octanol–water partition coefficient (Wildman–Crippen LogP) is 3.37. The first kappa shape index (κ1) is 27.4. The van der Waals surface area contributed by atoms with Gasteiger partial charge in [0.1, 0.15) is 23.6 Å².